The van der Waals surface area contributed by atoms with E-state index in [4.69, 9.17) is 4.74 Å². The van der Waals surface area contributed by atoms with Crippen LogP contribution < -0.4 is 4.74 Å². The molecule has 0 aliphatic carbocycles. The molecule has 3 aromatic carbocycles. The van der Waals surface area contributed by atoms with Gasteiger partial charge in [0.15, 0.2) is 0 Å². The first-order valence-corrected chi connectivity index (χ1v) is 8.37. The van der Waals surface area contributed by atoms with Gasteiger partial charge in [-0.15, -0.1) is 0 Å². The van der Waals surface area contributed by atoms with E-state index in [0.29, 0.717) is 0 Å². The quantitative estimate of drug-likeness (QED) is 0.524. The molecule has 0 amide bonds. The van der Waals surface area contributed by atoms with Crippen LogP contribution in [0.15, 0.2) is 55.1 Å². The van der Waals surface area contributed by atoms with Gasteiger partial charge >= 0.3 is 0 Å². The highest BCUT2D eigenvalue weighted by molar-refractivity contribution is 6.10. The molecule has 0 atom stereocenters. The van der Waals surface area contributed by atoms with Crippen molar-refractivity contribution >= 4 is 37.4 Å². The minimum atomic E-state index is 0.806. The summed E-state index contributed by atoms with van der Waals surface area (Å²) in [5, 5.41) is 4.82. The fourth-order valence-corrected chi connectivity index (χ4v) is 3.01. The second kappa shape index (κ2) is 5.14. The molecule has 0 heterocycles. The summed E-state index contributed by atoms with van der Waals surface area (Å²) in [6.07, 6.45) is 0.806. The predicted molar refractivity (Wildman–Crippen MR) is 91.6 cm³/mol. The van der Waals surface area contributed by atoms with Crippen LogP contribution in [0, 0.1) is 0 Å². The topological polar surface area (TPSA) is 9.23 Å². The van der Waals surface area contributed by atoms with Gasteiger partial charge in [0.25, 0.3) is 0 Å². The first kappa shape index (κ1) is 12.9. The first-order valence-electron chi connectivity index (χ1n) is 6.95. The lowest BCUT2D eigenvalue weighted by Crippen LogP contribution is -1.98. The van der Waals surface area contributed by atoms with Crippen LogP contribution in [0.25, 0.3) is 27.1 Å². The molecular formula is C18H18OSi. The Morgan fingerprint density at radius 3 is 2.55 bits per heavy atom. The van der Waals surface area contributed by atoms with Gasteiger partial charge in [0.05, 0.1) is 16.5 Å². The summed E-state index contributed by atoms with van der Waals surface area (Å²) >= 11 is 0. The molecule has 1 nitrogen and oxygen atoms in total. The molecule has 0 aliphatic rings. The van der Waals surface area contributed by atoms with E-state index in [0.717, 1.165) is 27.8 Å². The summed E-state index contributed by atoms with van der Waals surface area (Å²) in [5.74, 6) is 1.01. The highest BCUT2D eigenvalue weighted by atomic mass is 28.1. The van der Waals surface area contributed by atoms with E-state index >= 15 is 0 Å². The fraction of sp³-hybridized carbons (Fsp3) is 0.111. The van der Waals surface area contributed by atoms with E-state index in [1.165, 1.54) is 27.1 Å². The van der Waals surface area contributed by atoms with Crippen molar-refractivity contribution in [1.29, 1.82) is 0 Å². The fourth-order valence-electron chi connectivity index (χ4n) is 2.72. The second-order valence-electron chi connectivity index (χ2n) is 5.04. The summed E-state index contributed by atoms with van der Waals surface area (Å²) in [4.78, 5) is 0. The molecule has 0 aliphatic heterocycles. The predicted octanol–water partition coefficient (Wildman–Crippen LogP) is 3.73. The van der Waals surface area contributed by atoms with Crippen molar-refractivity contribution in [1.82, 2.24) is 0 Å². The van der Waals surface area contributed by atoms with E-state index in [1.807, 2.05) is 0 Å². The van der Waals surface area contributed by atoms with Gasteiger partial charge in [0, 0.05) is 10.8 Å². The molecule has 3 aromatic rings. The Balaban J connectivity index is 2.49. The van der Waals surface area contributed by atoms with Crippen LogP contribution in [0.1, 0.15) is 12.5 Å². The van der Waals surface area contributed by atoms with E-state index in [9.17, 15) is 0 Å². The highest BCUT2D eigenvalue weighted by Gasteiger charge is 2.11. The molecule has 100 valence electrons. The van der Waals surface area contributed by atoms with Gasteiger partial charge in [-0.05, 0) is 29.3 Å². The Bertz CT molecular complexity index is 805. The molecule has 3 rings (SSSR count). The molecule has 0 aromatic heterocycles. The molecule has 0 bridgehead atoms. The van der Waals surface area contributed by atoms with Crippen molar-refractivity contribution in [2.75, 3.05) is 6.23 Å². The van der Waals surface area contributed by atoms with Crippen LogP contribution in [0.5, 0.6) is 5.75 Å². The average Bonchev–Trinajstić information content (AvgIpc) is 2.46. The molecule has 0 saturated carbocycles. The lowest BCUT2D eigenvalue weighted by Gasteiger charge is -2.14. The minimum absolute atomic E-state index is 0.806. The zero-order valence-corrected chi connectivity index (χ0v) is 13.9. The molecule has 20 heavy (non-hydrogen) atoms. The normalized spacial score (nSPS) is 11.1. The Kier molecular flexibility index (Phi) is 3.33. The molecular weight excluding hydrogens is 260 g/mol. The number of hydrogen-bond donors (Lipinski definition) is 0. The number of benzene rings is 3. The van der Waals surface area contributed by atoms with E-state index in [2.05, 4.69) is 62.0 Å². The molecule has 0 saturated heterocycles. The van der Waals surface area contributed by atoms with Crippen LogP contribution in [0.2, 0.25) is 0 Å². The number of allylic oxidation sites excluding steroid dienone is 1. The maximum atomic E-state index is 6.00. The standard InChI is InChI=1S/C18H18OSi/c1-12(2)14-8-5-9-16-17(14)10-13-6-3-4-7-15(13)18(16)19-11-20/h3-10H,1,11H2,2,20H3. The van der Waals surface area contributed by atoms with Gasteiger partial charge in [-0.3, -0.25) is 0 Å². The van der Waals surface area contributed by atoms with Gasteiger partial charge in [-0.2, -0.15) is 0 Å². The Labute approximate surface area is 122 Å². The lowest BCUT2D eigenvalue weighted by atomic mass is 9.96. The average molecular weight is 278 g/mol. The molecule has 0 unspecified atom stereocenters. The Hall–Kier alpha value is -2.06. The van der Waals surface area contributed by atoms with E-state index in [1.54, 1.807) is 0 Å². The van der Waals surface area contributed by atoms with Crippen molar-refractivity contribution in [3.8, 4) is 5.75 Å². The third-order valence-corrected chi connectivity index (χ3v) is 3.89. The monoisotopic (exact) mass is 278 g/mol. The summed E-state index contributed by atoms with van der Waals surface area (Å²) in [6, 6.07) is 17.0. The lowest BCUT2D eigenvalue weighted by molar-refractivity contribution is 0.397. The van der Waals surface area contributed by atoms with Crippen molar-refractivity contribution in [3.63, 3.8) is 0 Å². The number of rotatable bonds is 3. The molecule has 0 radical (unpaired) electrons. The summed E-state index contributed by atoms with van der Waals surface area (Å²) in [6.45, 7) is 6.15. The molecule has 0 N–H and O–H groups in total. The zero-order chi connectivity index (χ0) is 14.1. The van der Waals surface area contributed by atoms with Crippen LogP contribution in [-0.4, -0.2) is 16.5 Å². The number of ether oxygens (including phenoxy) is 1. The van der Waals surface area contributed by atoms with Gasteiger partial charge < -0.3 is 4.74 Å². The SMILES string of the molecule is C=C(C)c1cccc2c(OC[SiH3])c3ccccc3cc12. The number of fused-ring (bicyclic) bond motifs is 2. The smallest absolute Gasteiger partial charge is 0.134 e. The van der Waals surface area contributed by atoms with Crippen molar-refractivity contribution < 1.29 is 4.74 Å². The Morgan fingerprint density at radius 1 is 1.05 bits per heavy atom. The van der Waals surface area contributed by atoms with Crippen LogP contribution in [0.3, 0.4) is 0 Å². The van der Waals surface area contributed by atoms with Crippen LogP contribution in [-0.2, 0) is 0 Å². The van der Waals surface area contributed by atoms with Gasteiger partial charge in [-0.1, -0.05) is 54.6 Å². The number of hydrogen-bond acceptors (Lipinski definition) is 1. The first-order chi connectivity index (χ1) is 9.72. The van der Waals surface area contributed by atoms with Crippen molar-refractivity contribution in [2.24, 2.45) is 0 Å². The van der Waals surface area contributed by atoms with Crippen LogP contribution in [0.4, 0.5) is 0 Å². The third-order valence-electron chi connectivity index (χ3n) is 3.60. The zero-order valence-electron chi connectivity index (χ0n) is 11.9. The molecule has 2 heteroatoms. The summed E-state index contributed by atoms with van der Waals surface area (Å²) in [7, 11) is 1.03. The van der Waals surface area contributed by atoms with Crippen molar-refractivity contribution in [2.45, 2.75) is 6.92 Å². The van der Waals surface area contributed by atoms with Gasteiger partial charge in [0.1, 0.15) is 5.75 Å². The summed E-state index contributed by atoms with van der Waals surface area (Å²) in [5.41, 5.74) is 2.29. The van der Waals surface area contributed by atoms with Gasteiger partial charge in [-0.25, -0.2) is 0 Å². The largest absolute Gasteiger partial charge is 0.497 e. The van der Waals surface area contributed by atoms with Crippen molar-refractivity contribution in [3.05, 3.63) is 60.7 Å². The molecule has 0 spiro atoms. The van der Waals surface area contributed by atoms with E-state index in [-0.39, 0.29) is 0 Å². The second-order valence-corrected chi connectivity index (χ2v) is 5.62. The highest BCUT2D eigenvalue weighted by Crippen LogP contribution is 2.37. The summed E-state index contributed by atoms with van der Waals surface area (Å²) < 4.78 is 6.00. The minimum Gasteiger partial charge on any atom is -0.497 e. The maximum Gasteiger partial charge on any atom is 0.134 e. The van der Waals surface area contributed by atoms with Gasteiger partial charge in [0.2, 0.25) is 0 Å². The molecule has 0 fully saturated rings. The van der Waals surface area contributed by atoms with E-state index < -0.39 is 0 Å². The third kappa shape index (κ3) is 2.02. The van der Waals surface area contributed by atoms with Crippen LogP contribution >= 0.6 is 0 Å². The Morgan fingerprint density at radius 2 is 1.80 bits per heavy atom. The maximum absolute atomic E-state index is 6.00.